The zero-order chi connectivity index (χ0) is 14.2. The highest BCUT2D eigenvalue weighted by Crippen LogP contribution is 2.30. The Kier molecular flexibility index (Phi) is 3.94. The topological polar surface area (TPSA) is 43.8 Å². The molecule has 1 aromatic carbocycles. The summed E-state index contributed by atoms with van der Waals surface area (Å²) in [6.45, 7) is 6.89. The van der Waals surface area contributed by atoms with Gasteiger partial charge in [-0.3, -0.25) is 0 Å². The van der Waals surface area contributed by atoms with E-state index in [4.69, 9.17) is 5.73 Å². The molecule has 2 aromatic rings. The van der Waals surface area contributed by atoms with Gasteiger partial charge in [-0.15, -0.1) is 0 Å². The maximum Gasteiger partial charge on any atom is 0.133 e. The third-order valence-corrected chi connectivity index (χ3v) is 3.42. The molecule has 0 spiro atoms. The Morgan fingerprint density at radius 1 is 1.42 bits per heavy atom. The molecular formula is C14H17BrFN3. The van der Waals surface area contributed by atoms with E-state index in [-0.39, 0.29) is 5.82 Å². The van der Waals surface area contributed by atoms with Crippen LogP contribution in [0.25, 0.3) is 11.3 Å². The van der Waals surface area contributed by atoms with Crippen LogP contribution in [0.4, 0.5) is 10.2 Å². The van der Waals surface area contributed by atoms with Crippen molar-refractivity contribution in [1.29, 1.82) is 0 Å². The van der Waals surface area contributed by atoms with Crippen LogP contribution in [0.3, 0.4) is 0 Å². The van der Waals surface area contributed by atoms with Crippen LogP contribution < -0.4 is 5.73 Å². The summed E-state index contributed by atoms with van der Waals surface area (Å²) in [4.78, 5) is 4.41. The fourth-order valence-corrected chi connectivity index (χ4v) is 2.39. The van der Waals surface area contributed by atoms with Gasteiger partial charge in [0, 0.05) is 16.6 Å². The molecule has 1 heterocycles. The maximum atomic E-state index is 14.0. The van der Waals surface area contributed by atoms with E-state index in [2.05, 4.69) is 34.8 Å². The first-order valence-electron chi connectivity index (χ1n) is 6.18. The first-order valence-corrected chi connectivity index (χ1v) is 6.97. The van der Waals surface area contributed by atoms with Crippen LogP contribution in [-0.2, 0) is 6.54 Å². The second-order valence-electron chi connectivity index (χ2n) is 5.02. The number of benzene rings is 1. The number of rotatable bonds is 3. The molecule has 0 aliphatic heterocycles. The standard InChI is InChI=1S/C14H17BrFN3/c1-8(2)7-19-9(3)18-13(14(19)17)11-5-4-10(15)6-12(11)16/h4-6,8H,7,17H2,1-3H3. The number of hydrogen-bond acceptors (Lipinski definition) is 2. The number of nitrogens with zero attached hydrogens (tertiary/aromatic N) is 2. The minimum atomic E-state index is -0.324. The molecule has 0 fully saturated rings. The molecule has 3 nitrogen and oxygen atoms in total. The van der Waals surface area contributed by atoms with Crippen molar-refractivity contribution in [3.63, 3.8) is 0 Å². The third-order valence-electron chi connectivity index (χ3n) is 2.93. The zero-order valence-corrected chi connectivity index (χ0v) is 12.8. The van der Waals surface area contributed by atoms with Crippen molar-refractivity contribution in [2.75, 3.05) is 5.73 Å². The molecule has 0 radical (unpaired) electrons. The van der Waals surface area contributed by atoms with Crippen molar-refractivity contribution in [3.8, 4) is 11.3 Å². The van der Waals surface area contributed by atoms with Gasteiger partial charge in [-0.1, -0.05) is 29.8 Å². The van der Waals surface area contributed by atoms with Crippen LogP contribution >= 0.6 is 15.9 Å². The Morgan fingerprint density at radius 3 is 2.68 bits per heavy atom. The van der Waals surface area contributed by atoms with Crippen molar-refractivity contribution in [2.45, 2.75) is 27.3 Å². The SMILES string of the molecule is Cc1nc(-c2ccc(Br)cc2F)c(N)n1CC(C)C. The largest absolute Gasteiger partial charge is 0.383 e. The van der Waals surface area contributed by atoms with E-state index in [9.17, 15) is 4.39 Å². The second kappa shape index (κ2) is 5.33. The smallest absolute Gasteiger partial charge is 0.133 e. The van der Waals surface area contributed by atoms with Gasteiger partial charge in [-0.25, -0.2) is 9.37 Å². The maximum absolute atomic E-state index is 14.0. The van der Waals surface area contributed by atoms with E-state index in [1.807, 2.05) is 11.5 Å². The summed E-state index contributed by atoms with van der Waals surface area (Å²) in [7, 11) is 0. The normalized spacial score (nSPS) is 11.3. The highest BCUT2D eigenvalue weighted by molar-refractivity contribution is 9.10. The van der Waals surface area contributed by atoms with Crippen molar-refractivity contribution >= 4 is 21.7 Å². The Bertz CT molecular complexity index is 605. The van der Waals surface area contributed by atoms with Gasteiger partial charge in [-0.05, 0) is 31.0 Å². The van der Waals surface area contributed by atoms with Gasteiger partial charge in [-0.2, -0.15) is 0 Å². The van der Waals surface area contributed by atoms with E-state index in [1.54, 1.807) is 12.1 Å². The molecule has 102 valence electrons. The van der Waals surface area contributed by atoms with Gasteiger partial charge < -0.3 is 10.3 Å². The van der Waals surface area contributed by atoms with E-state index < -0.39 is 0 Å². The lowest BCUT2D eigenvalue weighted by Gasteiger charge is -2.10. The highest BCUT2D eigenvalue weighted by atomic mass is 79.9. The van der Waals surface area contributed by atoms with Crippen LogP contribution in [0, 0.1) is 18.7 Å². The molecule has 0 amide bonds. The van der Waals surface area contributed by atoms with Gasteiger partial charge in [0.15, 0.2) is 0 Å². The molecule has 2 rings (SSSR count). The molecule has 0 bridgehead atoms. The average molecular weight is 326 g/mol. The van der Waals surface area contributed by atoms with Gasteiger partial charge in [0.25, 0.3) is 0 Å². The molecule has 0 saturated heterocycles. The molecule has 2 N–H and O–H groups in total. The van der Waals surface area contributed by atoms with E-state index in [0.29, 0.717) is 27.5 Å². The van der Waals surface area contributed by atoms with Crippen molar-refractivity contribution in [2.24, 2.45) is 5.92 Å². The molecule has 0 unspecified atom stereocenters. The number of aromatic nitrogens is 2. The summed E-state index contributed by atoms with van der Waals surface area (Å²) in [5, 5.41) is 0. The van der Waals surface area contributed by atoms with Crippen LogP contribution in [0.15, 0.2) is 22.7 Å². The van der Waals surface area contributed by atoms with Crippen LogP contribution in [0.5, 0.6) is 0 Å². The zero-order valence-electron chi connectivity index (χ0n) is 11.2. The summed E-state index contributed by atoms with van der Waals surface area (Å²) in [6, 6.07) is 4.90. The lowest BCUT2D eigenvalue weighted by molar-refractivity contribution is 0.518. The fourth-order valence-electron chi connectivity index (χ4n) is 2.06. The molecule has 5 heteroatoms. The third kappa shape index (κ3) is 2.81. The number of aryl methyl sites for hydroxylation is 1. The Morgan fingerprint density at radius 2 is 2.11 bits per heavy atom. The van der Waals surface area contributed by atoms with Gasteiger partial charge in [0.2, 0.25) is 0 Å². The summed E-state index contributed by atoms with van der Waals surface area (Å²) in [5.41, 5.74) is 7.07. The molecule has 0 aliphatic carbocycles. The number of anilines is 1. The summed E-state index contributed by atoms with van der Waals surface area (Å²) < 4.78 is 16.6. The number of hydrogen-bond donors (Lipinski definition) is 1. The van der Waals surface area contributed by atoms with Crippen LogP contribution in [0.2, 0.25) is 0 Å². The van der Waals surface area contributed by atoms with E-state index >= 15 is 0 Å². The number of imidazole rings is 1. The first-order chi connectivity index (χ1) is 8.90. The highest BCUT2D eigenvalue weighted by Gasteiger charge is 2.17. The van der Waals surface area contributed by atoms with Crippen molar-refractivity contribution < 1.29 is 4.39 Å². The fraction of sp³-hybridized carbons (Fsp3) is 0.357. The van der Waals surface area contributed by atoms with E-state index in [0.717, 1.165) is 12.4 Å². The quantitative estimate of drug-likeness (QED) is 0.926. The molecular weight excluding hydrogens is 309 g/mol. The molecule has 1 aromatic heterocycles. The molecule has 0 aliphatic rings. The van der Waals surface area contributed by atoms with Crippen LogP contribution in [-0.4, -0.2) is 9.55 Å². The minimum Gasteiger partial charge on any atom is -0.383 e. The van der Waals surface area contributed by atoms with Gasteiger partial charge in [0.1, 0.15) is 23.2 Å². The van der Waals surface area contributed by atoms with Gasteiger partial charge >= 0.3 is 0 Å². The summed E-state index contributed by atoms with van der Waals surface area (Å²) in [6.07, 6.45) is 0. The monoisotopic (exact) mass is 325 g/mol. The Hall–Kier alpha value is -1.36. The van der Waals surface area contributed by atoms with Crippen molar-refractivity contribution in [1.82, 2.24) is 9.55 Å². The minimum absolute atomic E-state index is 0.324. The number of halogens is 2. The first kappa shape index (κ1) is 14.1. The van der Waals surface area contributed by atoms with Gasteiger partial charge in [0.05, 0.1) is 0 Å². The Balaban J connectivity index is 2.51. The summed E-state index contributed by atoms with van der Waals surface area (Å²) >= 11 is 3.24. The van der Waals surface area contributed by atoms with E-state index in [1.165, 1.54) is 6.07 Å². The molecule has 19 heavy (non-hydrogen) atoms. The lowest BCUT2D eigenvalue weighted by atomic mass is 10.1. The van der Waals surface area contributed by atoms with Crippen molar-refractivity contribution in [3.05, 3.63) is 34.3 Å². The predicted octanol–water partition coefficient (Wildman–Crippen LogP) is 4.00. The summed E-state index contributed by atoms with van der Waals surface area (Å²) in [5.74, 6) is 1.46. The molecule has 0 saturated carbocycles. The lowest BCUT2D eigenvalue weighted by Crippen LogP contribution is -2.09. The van der Waals surface area contributed by atoms with Crippen LogP contribution in [0.1, 0.15) is 19.7 Å². The molecule has 0 atom stereocenters. The second-order valence-corrected chi connectivity index (χ2v) is 5.94. The average Bonchev–Trinajstić information content (AvgIpc) is 2.57. The number of nitrogen functional groups attached to an aromatic ring is 1. The predicted molar refractivity (Wildman–Crippen MR) is 79.3 cm³/mol. The number of nitrogens with two attached hydrogens (primary N) is 1. The Labute approximate surface area is 120 Å².